The summed E-state index contributed by atoms with van der Waals surface area (Å²) in [6, 6.07) is 8.62. The molecule has 0 fully saturated rings. The molecule has 1 aromatic rings. The van der Waals surface area contributed by atoms with Crippen molar-refractivity contribution in [3.8, 4) is 0 Å². The highest BCUT2D eigenvalue weighted by molar-refractivity contribution is 8.13. The van der Waals surface area contributed by atoms with Gasteiger partial charge in [-0.25, -0.2) is 0 Å². The molecule has 3 N–H and O–H groups in total. The monoisotopic (exact) mass is 417 g/mol. The van der Waals surface area contributed by atoms with Gasteiger partial charge < -0.3 is 29.3 Å². The zero-order valence-electron chi connectivity index (χ0n) is 12.5. The van der Waals surface area contributed by atoms with Gasteiger partial charge in [0.15, 0.2) is 0 Å². The first-order valence-corrected chi connectivity index (χ1v) is 8.25. The van der Waals surface area contributed by atoms with E-state index in [0.717, 1.165) is 37.0 Å². The molecular weight excluding hydrogens is 393 g/mol. The lowest BCUT2D eigenvalue weighted by molar-refractivity contribution is -0.457. The smallest absolute Gasteiger partial charge is 0.304 e. The van der Waals surface area contributed by atoms with E-state index in [4.69, 9.17) is 0 Å². The van der Waals surface area contributed by atoms with Crippen LogP contribution in [0.4, 0.5) is 5.69 Å². The number of nitrogens with one attached hydrogen (secondary N) is 3. The lowest BCUT2D eigenvalue weighted by Crippen LogP contribution is -3.00. The van der Waals surface area contributed by atoms with Gasteiger partial charge in [-0.05, 0) is 29.8 Å². The van der Waals surface area contributed by atoms with E-state index in [2.05, 4.69) is 53.4 Å². The number of fused-ring (bicyclic) bond motifs is 1. The molecule has 5 heteroatoms. The van der Waals surface area contributed by atoms with Crippen molar-refractivity contribution < 1.29 is 29.0 Å². The molecule has 0 aliphatic carbocycles. The molecule has 1 unspecified atom stereocenters. The van der Waals surface area contributed by atoms with Crippen molar-refractivity contribution in [2.24, 2.45) is 0 Å². The second-order valence-corrected chi connectivity index (χ2v) is 6.09. The van der Waals surface area contributed by atoms with E-state index in [9.17, 15) is 0 Å². The minimum atomic E-state index is 0. The minimum Gasteiger partial charge on any atom is -1.00 e. The summed E-state index contributed by atoms with van der Waals surface area (Å²) in [5.74, 6) is 1.69. The molecule has 0 amide bonds. The van der Waals surface area contributed by atoms with Crippen LogP contribution in [0.15, 0.2) is 36.9 Å². The summed E-state index contributed by atoms with van der Waals surface area (Å²) in [5, 5.41) is 7.99. The number of benzene rings is 1. The van der Waals surface area contributed by atoms with Gasteiger partial charge in [-0.3, -0.25) is 10.3 Å². The third kappa shape index (κ3) is 5.54. The minimum absolute atomic E-state index is 0. The molecule has 0 radical (unpaired) electrons. The fraction of sp³-hybridized carbons (Fsp3) is 0.438. The van der Waals surface area contributed by atoms with Gasteiger partial charge in [-0.2, -0.15) is 0 Å². The molecule has 116 valence electrons. The average molecular weight is 417 g/mol. The Bertz CT molecular complexity index is 476. The predicted molar refractivity (Wildman–Crippen MR) is 89.5 cm³/mol. The highest BCUT2D eigenvalue weighted by atomic mass is 127. The molecule has 0 bridgehead atoms. The average Bonchev–Trinajstić information content (AvgIpc) is 2.88. The summed E-state index contributed by atoms with van der Waals surface area (Å²) in [5.41, 5.74) is 2.76. The maximum Gasteiger partial charge on any atom is 0.304 e. The van der Waals surface area contributed by atoms with E-state index in [1.807, 2.05) is 17.8 Å². The van der Waals surface area contributed by atoms with Crippen molar-refractivity contribution in [1.82, 2.24) is 5.32 Å². The zero-order valence-corrected chi connectivity index (χ0v) is 15.5. The van der Waals surface area contributed by atoms with E-state index in [-0.39, 0.29) is 24.0 Å². The molecule has 2 rings (SSSR count). The third-order valence-corrected chi connectivity index (χ3v) is 4.28. The Kier molecular flexibility index (Phi) is 8.84. The van der Waals surface area contributed by atoms with Gasteiger partial charge in [-0.15, -0.1) is 0 Å². The summed E-state index contributed by atoms with van der Waals surface area (Å²) in [4.78, 5) is 3.51. The second-order valence-electron chi connectivity index (χ2n) is 4.81. The Labute approximate surface area is 149 Å². The molecule has 0 aromatic heterocycles. The van der Waals surface area contributed by atoms with Crippen molar-refractivity contribution in [2.45, 2.75) is 19.3 Å². The first-order valence-electron chi connectivity index (χ1n) is 7.26. The lowest BCUT2D eigenvalue weighted by Gasteiger charge is -2.07. The molecule has 21 heavy (non-hydrogen) atoms. The Morgan fingerprint density at radius 2 is 2.33 bits per heavy atom. The maximum absolute atomic E-state index is 3.74. The molecule has 3 nitrogen and oxygen atoms in total. The van der Waals surface area contributed by atoms with Crippen LogP contribution in [0.2, 0.25) is 0 Å². The van der Waals surface area contributed by atoms with Crippen LogP contribution in [0.25, 0.3) is 0 Å². The lowest BCUT2D eigenvalue weighted by atomic mass is 9.98. The summed E-state index contributed by atoms with van der Waals surface area (Å²) >= 11 is 1.82. The van der Waals surface area contributed by atoms with Crippen LogP contribution >= 0.6 is 11.8 Å². The van der Waals surface area contributed by atoms with Crippen LogP contribution < -0.4 is 39.6 Å². The van der Waals surface area contributed by atoms with Crippen molar-refractivity contribution in [1.29, 1.82) is 0 Å². The first kappa shape index (κ1) is 18.4. The van der Waals surface area contributed by atoms with Gasteiger partial charge in [0, 0.05) is 23.9 Å². The van der Waals surface area contributed by atoms with Crippen LogP contribution in [-0.2, 0) is 0 Å². The highest BCUT2D eigenvalue weighted by Crippen LogP contribution is 2.32. The Hall–Kier alpha value is -0.690. The Morgan fingerprint density at radius 3 is 3.10 bits per heavy atom. The summed E-state index contributed by atoms with van der Waals surface area (Å²) in [6.07, 6.45) is 3.03. The van der Waals surface area contributed by atoms with Crippen molar-refractivity contribution in [3.05, 3.63) is 42.5 Å². The topological polar surface area (TPSA) is 38.0 Å². The highest BCUT2D eigenvalue weighted by Gasteiger charge is 2.21. The number of anilines is 1. The number of amidine groups is 1. The maximum atomic E-state index is 3.74. The standard InChI is InChI=1S/C16H23N3S.HI/c1-3-10-17-16(20-4-2)18-11-9-13-12-19-15-8-6-5-7-14(13)15;/h3,5-8,13,19H,1,4,9-12H2,2H3,(H,17,18);1H. The van der Waals surface area contributed by atoms with E-state index < -0.39 is 0 Å². The van der Waals surface area contributed by atoms with E-state index in [1.165, 1.54) is 11.3 Å². The number of hydrogen-bond donors (Lipinski definition) is 3. The Morgan fingerprint density at radius 1 is 1.52 bits per heavy atom. The molecule has 0 spiro atoms. The van der Waals surface area contributed by atoms with Crippen LogP contribution in [0.3, 0.4) is 0 Å². The summed E-state index contributed by atoms with van der Waals surface area (Å²) in [6.45, 7) is 8.76. The predicted octanol–water partition coefficient (Wildman–Crippen LogP) is -1.44. The van der Waals surface area contributed by atoms with Gasteiger partial charge in [0.05, 0.1) is 6.54 Å². The van der Waals surface area contributed by atoms with Crippen LogP contribution in [-0.4, -0.2) is 30.6 Å². The molecule has 0 saturated heterocycles. The quantitative estimate of drug-likeness (QED) is 0.230. The number of rotatable bonds is 6. The number of para-hydroxylation sites is 1. The molecular formula is C16H24IN3S. The SMILES string of the molecule is C=CCNC(=[NH+]CCC1CNc2ccccc21)SCC.[I-]. The first-order chi connectivity index (χ1) is 9.85. The number of halogens is 1. The van der Waals surface area contributed by atoms with Gasteiger partial charge in [0.1, 0.15) is 6.54 Å². The van der Waals surface area contributed by atoms with Gasteiger partial charge in [-0.1, -0.05) is 37.8 Å². The Balaban J connectivity index is 0.00000220. The second kappa shape index (κ2) is 10.1. The molecule has 1 aliphatic heterocycles. The van der Waals surface area contributed by atoms with Gasteiger partial charge >= 0.3 is 5.17 Å². The molecule has 1 aliphatic rings. The van der Waals surface area contributed by atoms with Gasteiger partial charge in [0.2, 0.25) is 0 Å². The molecule has 1 aromatic carbocycles. The number of thioether (sulfide) groups is 1. The fourth-order valence-electron chi connectivity index (χ4n) is 2.45. The van der Waals surface area contributed by atoms with E-state index >= 15 is 0 Å². The number of hydrogen-bond acceptors (Lipinski definition) is 2. The largest absolute Gasteiger partial charge is 1.00 e. The van der Waals surface area contributed by atoms with Crippen molar-refractivity contribution in [3.63, 3.8) is 0 Å². The normalized spacial score (nSPS) is 16.6. The van der Waals surface area contributed by atoms with Crippen molar-refractivity contribution >= 4 is 22.6 Å². The molecule has 1 heterocycles. The van der Waals surface area contributed by atoms with Crippen LogP contribution in [0, 0.1) is 0 Å². The fourth-order valence-corrected chi connectivity index (χ4v) is 3.13. The third-order valence-electron chi connectivity index (χ3n) is 3.41. The van der Waals surface area contributed by atoms with E-state index in [1.54, 1.807) is 0 Å². The van der Waals surface area contributed by atoms with Crippen molar-refractivity contribution in [2.75, 3.05) is 30.7 Å². The van der Waals surface area contributed by atoms with Gasteiger partial charge in [0.25, 0.3) is 0 Å². The summed E-state index contributed by atoms with van der Waals surface area (Å²) in [7, 11) is 0. The molecule has 1 atom stereocenters. The zero-order chi connectivity index (χ0) is 14.2. The van der Waals surface area contributed by atoms with E-state index in [0.29, 0.717) is 5.92 Å². The summed E-state index contributed by atoms with van der Waals surface area (Å²) < 4.78 is 0. The van der Waals surface area contributed by atoms with Crippen LogP contribution in [0.1, 0.15) is 24.8 Å². The molecule has 0 saturated carbocycles. The van der Waals surface area contributed by atoms with Crippen LogP contribution in [0.5, 0.6) is 0 Å².